The van der Waals surface area contributed by atoms with Crippen molar-refractivity contribution < 1.29 is 18.8 Å². The van der Waals surface area contributed by atoms with Crippen molar-refractivity contribution in [2.45, 2.75) is 25.3 Å². The number of amides is 3. The average Bonchev–Trinajstić information content (AvgIpc) is 2.89. The summed E-state index contributed by atoms with van der Waals surface area (Å²) >= 11 is 0. The highest BCUT2D eigenvalue weighted by Gasteiger charge is 2.38. The van der Waals surface area contributed by atoms with Crippen molar-refractivity contribution in [3.63, 3.8) is 0 Å². The largest absolute Gasteiger partial charge is 0.373 e. The first-order valence-electron chi connectivity index (χ1n) is 8.65. The molecule has 0 aromatic heterocycles. The Bertz CT molecular complexity index is 850. The fourth-order valence-electron chi connectivity index (χ4n) is 3.04. The van der Waals surface area contributed by atoms with Gasteiger partial charge in [0.15, 0.2) is 0 Å². The van der Waals surface area contributed by atoms with Crippen LogP contribution in [0, 0.1) is 5.82 Å². The number of carbonyl (C=O) groups excluding carboxylic acids is 3. The maximum atomic E-state index is 12.9. The summed E-state index contributed by atoms with van der Waals surface area (Å²) in [6.45, 7) is 0.263. The Morgan fingerprint density at radius 3 is 2.33 bits per heavy atom. The van der Waals surface area contributed by atoms with Gasteiger partial charge in [-0.2, -0.15) is 0 Å². The zero-order valence-corrected chi connectivity index (χ0v) is 14.7. The predicted molar refractivity (Wildman–Crippen MR) is 98.2 cm³/mol. The van der Waals surface area contributed by atoms with Crippen LogP contribution in [0.3, 0.4) is 0 Å². The molecule has 3 amide bonds. The van der Waals surface area contributed by atoms with Crippen LogP contribution in [0.25, 0.3) is 0 Å². The predicted octanol–water partition coefficient (Wildman–Crippen LogP) is 1.64. The van der Waals surface area contributed by atoms with E-state index < -0.39 is 11.9 Å². The minimum atomic E-state index is -0.618. The van der Waals surface area contributed by atoms with Gasteiger partial charge < -0.3 is 11.1 Å². The Balaban J connectivity index is 1.58. The van der Waals surface area contributed by atoms with Crippen molar-refractivity contribution in [1.29, 1.82) is 0 Å². The van der Waals surface area contributed by atoms with Gasteiger partial charge in [0.25, 0.3) is 5.91 Å². The molecule has 0 saturated carbocycles. The van der Waals surface area contributed by atoms with E-state index >= 15 is 0 Å². The Morgan fingerprint density at radius 1 is 1.07 bits per heavy atom. The van der Waals surface area contributed by atoms with Crippen molar-refractivity contribution in [3.05, 3.63) is 65.5 Å². The summed E-state index contributed by atoms with van der Waals surface area (Å²) in [7, 11) is 0. The summed E-state index contributed by atoms with van der Waals surface area (Å²) in [6.07, 6.45) is 0.718. The smallest absolute Gasteiger partial charge is 0.252 e. The molecule has 3 N–H and O–H groups in total. The molecule has 1 aliphatic heterocycles. The van der Waals surface area contributed by atoms with Gasteiger partial charge in [-0.15, -0.1) is 0 Å². The highest BCUT2D eigenvalue weighted by Crippen LogP contribution is 2.19. The molecule has 27 heavy (non-hydrogen) atoms. The van der Waals surface area contributed by atoms with Crippen LogP contribution in [0.4, 0.5) is 10.1 Å². The van der Waals surface area contributed by atoms with E-state index in [1.165, 1.54) is 17.0 Å². The first-order chi connectivity index (χ1) is 12.9. The fourth-order valence-corrected chi connectivity index (χ4v) is 3.04. The van der Waals surface area contributed by atoms with Gasteiger partial charge in [0, 0.05) is 12.2 Å². The minimum Gasteiger partial charge on any atom is -0.373 e. The van der Waals surface area contributed by atoms with E-state index in [9.17, 15) is 18.8 Å². The molecule has 2 aromatic rings. The number of hydrogen-bond acceptors (Lipinski definition) is 4. The van der Waals surface area contributed by atoms with Crippen LogP contribution in [-0.4, -0.2) is 35.2 Å². The van der Waals surface area contributed by atoms with Crippen LogP contribution in [-0.2, 0) is 27.2 Å². The lowest BCUT2D eigenvalue weighted by Gasteiger charge is -2.16. The van der Waals surface area contributed by atoms with E-state index in [0.717, 1.165) is 11.1 Å². The molecule has 0 radical (unpaired) electrons. The molecule has 0 unspecified atom stereocenters. The molecule has 1 atom stereocenters. The molecule has 2 aromatic carbocycles. The molecule has 3 rings (SSSR count). The lowest BCUT2D eigenvalue weighted by molar-refractivity contribution is -0.138. The second-order valence-corrected chi connectivity index (χ2v) is 6.50. The Hall–Kier alpha value is -3.22. The fraction of sp³-hybridized carbons (Fsp3) is 0.250. The molecule has 1 saturated heterocycles. The average molecular weight is 369 g/mol. The number of likely N-dealkylation sites (tertiary alicyclic amines) is 1. The number of halogens is 1. The topological polar surface area (TPSA) is 92.5 Å². The number of nitrogens with two attached hydrogens (primary N) is 1. The van der Waals surface area contributed by atoms with Crippen LogP contribution in [0.2, 0.25) is 0 Å². The summed E-state index contributed by atoms with van der Waals surface area (Å²) in [4.78, 5) is 36.9. The van der Waals surface area contributed by atoms with Crippen molar-refractivity contribution in [3.8, 4) is 0 Å². The summed E-state index contributed by atoms with van der Waals surface area (Å²) in [5.41, 5.74) is 7.49. The number of primary amides is 1. The molecule has 1 fully saturated rings. The molecule has 0 aliphatic carbocycles. The van der Waals surface area contributed by atoms with Crippen molar-refractivity contribution in [2.24, 2.45) is 5.73 Å². The SMILES string of the molecule is NC(=O)Cc1ccc(N[C@H]2CC(=O)N(CCc3ccc(F)cc3)C2=O)cc1. The van der Waals surface area contributed by atoms with Gasteiger partial charge in [-0.1, -0.05) is 24.3 Å². The highest BCUT2D eigenvalue weighted by atomic mass is 19.1. The van der Waals surface area contributed by atoms with Gasteiger partial charge in [0.05, 0.1) is 12.8 Å². The number of carbonyl (C=O) groups is 3. The first-order valence-corrected chi connectivity index (χ1v) is 8.65. The molecular formula is C20H20FN3O3. The van der Waals surface area contributed by atoms with Gasteiger partial charge in [-0.3, -0.25) is 19.3 Å². The van der Waals surface area contributed by atoms with E-state index in [4.69, 9.17) is 5.73 Å². The van der Waals surface area contributed by atoms with E-state index in [1.54, 1.807) is 36.4 Å². The number of hydrogen-bond donors (Lipinski definition) is 2. The van der Waals surface area contributed by atoms with Crippen molar-refractivity contribution in [1.82, 2.24) is 4.90 Å². The molecule has 0 spiro atoms. The Morgan fingerprint density at radius 2 is 1.70 bits per heavy atom. The summed E-state index contributed by atoms with van der Waals surface area (Å²) in [6, 6.07) is 12.4. The molecule has 7 heteroatoms. The van der Waals surface area contributed by atoms with Crippen LogP contribution in [0.15, 0.2) is 48.5 Å². The van der Waals surface area contributed by atoms with E-state index in [0.29, 0.717) is 12.1 Å². The second kappa shape index (κ2) is 7.99. The quantitative estimate of drug-likeness (QED) is 0.726. The maximum Gasteiger partial charge on any atom is 0.252 e. The highest BCUT2D eigenvalue weighted by molar-refractivity contribution is 6.06. The number of benzene rings is 2. The number of imide groups is 1. The minimum absolute atomic E-state index is 0.0886. The lowest BCUT2D eigenvalue weighted by Crippen LogP contribution is -2.36. The molecule has 1 heterocycles. The van der Waals surface area contributed by atoms with Crippen molar-refractivity contribution in [2.75, 3.05) is 11.9 Å². The van der Waals surface area contributed by atoms with Gasteiger partial charge in [-0.25, -0.2) is 4.39 Å². The third kappa shape index (κ3) is 4.69. The molecule has 1 aliphatic rings. The van der Waals surface area contributed by atoms with Gasteiger partial charge in [-0.05, 0) is 41.8 Å². The normalized spacial score (nSPS) is 16.6. The Kier molecular flexibility index (Phi) is 5.49. The number of rotatable bonds is 7. The second-order valence-electron chi connectivity index (χ2n) is 6.50. The molecule has 6 nitrogen and oxygen atoms in total. The third-order valence-electron chi connectivity index (χ3n) is 4.45. The number of anilines is 1. The van der Waals surface area contributed by atoms with Crippen LogP contribution in [0.1, 0.15) is 17.5 Å². The lowest BCUT2D eigenvalue weighted by atomic mass is 10.1. The van der Waals surface area contributed by atoms with Crippen LogP contribution < -0.4 is 11.1 Å². The van der Waals surface area contributed by atoms with E-state index in [2.05, 4.69) is 5.32 Å². The summed E-state index contributed by atoms with van der Waals surface area (Å²) in [5.74, 6) is -1.24. The molecule has 0 bridgehead atoms. The van der Waals surface area contributed by atoms with Gasteiger partial charge in [0.1, 0.15) is 11.9 Å². The zero-order valence-electron chi connectivity index (χ0n) is 14.7. The van der Waals surface area contributed by atoms with Crippen LogP contribution >= 0.6 is 0 Å². The molecule has 140 valence electrons. The van der Waals surface area contributed by atoms with E-state index in [-0.39, 0.29) is 37.0 Å². The van der Waals surface area contributed by atoms with Gasteiger partial charge >= 0.3 is 0 Å². The number of nitrogens with zero attached hydrogens (tertiary/aromatic N) is 1. The summed E-state index contributed by atoms with van der Waals surface area (Å²) in [5, 5.41) is 3.06. The monoisotopic (exact) mass is 369 g/mol. The van der Waals surface area contributed by atoms with Crippen LogP contribution in [0.5, 0.6) is 0 Å². The first kappa shape index (κ1) is 18.6. The van der Waals surface area contributed by atoms with Gasteiger partial charge in [0.2, 0.25) is 11.8 Å². The summed E-state index contributed by atoms with van der Waals surface area (Å²) < 4.78 is 12.9. The standard InChI is InChI=1S/C20H20FN3O3/c21-15-5-1-13(2-6-15)9-10-24-19(26)12-17(20(24)27)23-16-7-3-14(4-8-16)11-18(22)25/h1-8,17,23H,9-12H2,(H2,22,25)/t17-/m0/s1. The zero-order chi connectivity index (χ0) is 19.4. The third-order valence-corrected chi connectivity index (χ3v) is 4.45. The number of nitrogens with one attached hydrogen (secondary N) is 1. The molecular weight excluding hydrogens is 349 g/mol. The Labute approximate surface area is 156 Å². The van der Waals surface area contributed by atoms with E-state index in [1.807, 2.05) is 0 Å². The maximum absolute atomic E-state index is 12.9. The van der Waals surface area contributed by atoms with Crippen molar-refractivity contribution >= 4 is 23.4 Å².